The van der Waals surface area contributed by atoms with E-state index in [0.29, 0.717) is 11.1 Å². The summed E-state index contributed by atoms with van der Waals surface area (Å²) >= 11 is 0. The van der Waals surface area contributed by atoms with Gasteiger partial charge in [0.2, 0.25) is 0 Å². The predicted octanol–water partition coefficient (Wildman–Crippen LogP) is 3.84. The quantitative estimate of drug-likeness (QED) is 0.425. The van der Waals surface area contributed by atoms with Crippen molar-refractivity contribution >= 4 is 44.5 Å². The lowest BCUT2D eigenvalue weighted by Gasteiger charge is -2.10. The van der Waals surface area contributed by atoms with E-state index in [1.54, 1.807) is 72.8 Å². The summed E-state index contributed by atoms with van der Waals surface area (Å²) in [6.07, 6.45) is 6.45. The van der Waals surface area contributed by atoms with Gasteiger partial charge in [0.1, 0.15) is 20.2 Å². The van der Waals surface area contributed by atoms with Gasteiger partial charge in [0.05, 0.1) is 9.79 Å². The molecule has 6 nitrogen and oxygen atoms in total. The van der Waals surface area contributed by atoms with E-state index >= 15 is 0 Å². The Morgan fingerprint density at radius 1 is 0.500 bits per heavy atom. The Hall–Kier alpha value is -3.04. The molecule has 0 fully saturated rings. The second-order valence-electron chi connectivity index (χ2n) is 6.32. The van der Waals surface area contributed by atoms with Crippen molar-refractivity contribution in [2.45, 2.75) is 9.79 Å². The summed E-state index contributed by atoms with van der Waals surface area (Å²) < 4.78 is 68.0. The minimum absolute atomic E-state index is 0.284. The average molecular weight is 440 g/mol. The van der Waals surface area contributed by atoms with Crippen LogP contribution < -0.4 is 0 Å². The van der Waals surface area contributed by atoms with Gasteiger partial charge in [0.25, 0.3) is 0 Å². The van der Waals surface area contributed by atoms with Crippen LogP contribution in [0.4, 0.5) is 0 Å². The van der Waals surface area contributed by atoms with Crippen molar-refractivity contribution in [1.29, 1.82) is 0 Å². The van der Waals surface area contributed by atoms with Gasteiger partial charge in [-0.25, -0.2) is 16.8 Å². The van der Waals surface area contributed by atoms with Crippen molar-refractivity contribution in [3.63, 3.8) is 0 Å². The Balaban J connectivity index is 1.81. The third-order valence-electron chi connectivity index (χ3n) is 4.22. The van der Waals surface area contributed by atoms with Crippen molar-refractivity contribution in [1.82, 2.24) is 0 Å². The smallest absolute Gasteiger partial charge is 0.125 e. The average Bonchev–Trinajstić information content (AvgIpc) is 2.70. The molecule has 3 rings (SSSR count). The highest BCUT2D eigenvalue weighted by Crippen LogP contribution is 2.20. The van der Waals surface area contributed by atoms with E-state index in [1.807, 2.05) is 0 Å². The molecule has 0 atom stereocenters. The number of hydrogen-bond acceptors (Lipinski definition) is 6. The summed E-state index contributed by atoms with van der Waals surface area (Å²) in [6.45, 7) is 0. The number of rotatable bonds is 6. The SMILES string of the molecule is O=S(=O)([O-])c1ccccc1/C=C/c1ccc(/C=C/c2ccccc2S(=O)(=O)[O-])cc1. The molecular formula is C22H16O6S2-2. The third-order valence-corrected chi connectivity index (χ3v) is 6.04. The Kier molecular flexibility index (Phi) is 6.33. The molecule has 0 radical (unpaired) electrons. The van der Waals surface area contributed by atoms with Gasteiger partial charge in [-0.3, -0.25) is 0 Å². The molecule has 0 aliphatic heterocycles. The zero-order valence-electron chi connectivity index (χ0n) is 15.5. The summed E-state index contributed by atoms with van der Waals surface area (Å²) in [6, 6.07) is 19.0. The van der Waals surface area contributed by atoms with Crippen LogP contribution in [0.5, 0.6) is 0 Å². The van der Waals surface area contributed by atoms with Gasteiger partial charge < -0.3 is 9.11 Å². The minimum atomic E-state index is -4.57. The maximum Gasteiger partial charge on any atom is 0.125 e. The topological polar surface area (TPSA) is 114 Å². The molecule has 0 aliphatic carbocycles. The summed E-state index contributed by atoms with van der Waals surface area (Å²) in [5, 5.41) is 0. The Morgan fingerprint density at radius 2 is 0.833 bits per heavy atom. The van der Waals surface area contributed by atoms with Crippen LogP contribution in [0.15, 0.2) is 82.6 Å². The molecule has 0 saturated heterocycles. The van der Waals surface area contributed by atoms with Gasteiger partial charge in [-0.15, -0.1) is 0 Å². The summed E-state index contributed by atoms with van der Waals surface area (Å²) in [5.41, 5.74) is 2.14. The first kappa shape index (κ1) is 21.7. The van der Waals surface area contributed by atoms with Crippen molar-refractivity contribution in [2.24, 2.45) is 0 Å². The molecule has 0 saturated carbocycles. The Labute approximate surface area is 175 Å². The van der Waals surface area contributed by atoms with Crippen molar-refractivity contribution in [3.05, 3.63) is 95.1 Å². The Morgan fingerprint density at radius 3 is 1.17 bits per heavy atom. The highest BCUT2D eigenvalue weighted by Gasteiger charge is 2.06. The third kappa shape index (κ3) is 5.52. The molecule has 3 aromatic rings. The van der Waals surface area contributed by atoms with Gasteiger partial charge in [-0.2, -0.15) is 0 Å². The molecule has 0 spiro atoms. The first-order chi connectivity index (χ1) is 14.1. The summed E-state index contributed by atoms with van der Waals surface area (Å²) in [7, 11) is -9.14. The molecule has 3 aromatic carbocycles. The molecule has 30 heavy (non-hydrogen) atoms. The van der Waals surface area contributed by atoms with Crippen LogP contribution in [0.2, 0.25) is 0 Å². The van der Waals surface area contributed by atoms with Crippen LogP contribution in [0, 0.1) is 0 Å². The fourth-order valence-corrected chi connectivity index (χ4v) is 4.12. The van der Waals surface area contributed by atoms with Crippen LogP contribution in [-0.4, -0.2) is 25.9 Å². The maximum atomic E-state index is 11.3. The summed E-state index contributed by atoms with van der Waals surface area (Å²) in [5.74, 6) is 0. The fourth-order valence-electron chi connectivity index (χ4n) is 2.78. The first-order valence-electron chi connectivity index (χ1n) is 8.71. The van der Waals surface area contributed by atoms with E-state index in [9.17, 15) is 25.9 Å². The lowest BCUT2D eigenvalue weighted by molar-refractivity contribution is 0.460. The minimum Gasteiger partial charge on any atom is -0.744 e. The van der Waals surface area contributed by atoms with E-state index in [2.05, 4.69) is 0 Å². The van der Waals surface area contributed by atoms with E-state index in [0.717, 1.165) is 11.1 Å². The van der Waals surface area contributed by atoms with Crippen molar-refractivity contribution in [3.8, 4) is 0 Å². The molecule has 0 unspecified atom stereocenters. The van der Waals surface area contributed by atoms with Crippen molar-refractivity contribution < 1.29 is 25.9 Å². The highest BCUT2D eigenvalue weighted by atomic mass is 32.2. The number of benzene rings is 3. The van der Waals surface area contributed by atoms with Gasteiger partial charge in [-0.1, -0.05) is 85.0 Å². The lowest BCUT2D eigenvalue weighted by Crippen LogP contribution is -2.00. The van der Waals surface area contributed by atoms with E-state index < -0.39 is 20.2 Å². The van der Waals surface area contributed by atoms with Gasteiger partial charge in [0, 0.05) is 0 Å². The van der Waals surface area contributed by atoms with Crippen LogP contribution in [-0.2, 0) is 20.2 Å². The van der Waals surface area contributed by atoms with E-state index in [1.165, 1.54) is 24.3 Å². The molecule has 0 aliphatic rings. The normalized spacial score (nSPS) is 12.6. The summed E-state index contributed by atoms with van der Waals surface area (Å²) in [4.78, 5) is -0.569. The largest absolute Gasteiger partial charge is 0.744 e. The van der Waals surface area contributed by atoms with Crippen LogP contribution >= 0.6 is 0 Å². The van der Waals surface area contributed by atoms with Gasteiger partial charge in [-0.05, 0) is 34.4 Å². The zero-order valence-corrected chi connectivity index (χ0v) is 17.1. The maximum absolute atomic E-state index is 11.3. The van der Waals surface area contributed by atoms with Crippen LogP contribution in [0.25, 0.3) is 24.3 Å². The molecule has 0 aromatic heterocycles. The predicted molar refractivity (Wildman–Crippen MR) is 113 cm³/mol. The van der Waals surface area contributed by atoms with Gasteiger partial charge in [0.15, 0.2) is 0 Å². The molecule has 154 valence electrons. The molecule has 0 heterocycles. The molecule has 0 amide bonds. The molecule has 0 bridgehead atoms. The molecule has 8 heteroatoms. The first-order valence-corrected chi connectivity index (χ1v) is 11.5. The number of hydrogen-bond donors (Lipinski definition) is 0. The second kappa shape index (κ2) is 8.76. The highest BCUT2D eigenvalue weighted by molar-refractivity contribution is 7.86. The van der Waals surface area contributed by atoms with Crippen molar-refractivity contribution in [2.75, 3.05) is 0 Å². The fraction of sp³-hybridized carbons (Fsp3) is 0. The zero-order chi connectivity index (χ0) is 21.8. The van der Waals surface area contributed by atoms with E-state index in [-0.39, 0.29) is 9.79 Å². The van der Waals surface area contributed by atoms with Crippen LogP contribution in [0.3, 0.4) is 0 Å². The van der Waals surface area contributed by atoms with Gasteiger partial charge >= 0.3 is 0 Å². The molecule has 0 N–H and O–H groups in total. The standard InChI is InChI=1S/C22H18O6S2/c23-29(24,25)21-7-3-1-5-19(21)15-13-17-9-11-18(12-10-17)14-16-20-6-2-4-8-22(20)30(26,27)28/h1-16H,(H,23,24,25)(H,26,27,28)/p-2/b15-13+,16-14+. The Bertz CT molecular complexity index is 1220. The lowest BCUT2D eigenvalue weighted by atomic mass is 10.1. The second-order valence-corrected chi connectivity index (χ2v) is 9.01. The molecular weight excluding hydrogens is 424 g/mol. The van der Waals surface area contributed by atoms with Crippen LogP contribution in [0.1, 0.15) is 22.3 Å². The monoisotopic (exact) mass is 440 g/mol. The van der Waals surface area contributed by atoms with E-state index in [4.69, 9.17) is 0 Å².